The van der Waals surface area contributed by atoms with Crippen molar-refractivity contribution < 1.29 is 19.9 Å². The predicted octanol–water partition coefficient (Wildman–Crippen LogP) is 1.36. The van der Waals surface area contributed by atoms with Crippen molar-refractivity contribution >= 4 is 5.97 Å². The summed E-state index contributed by atoms with van der Waals surface area (Å²) in [6.45, 7) is 12.6. The maximum absolute atomic E-state index is 11.3. The minimum absolute atomic E-state index is 0.376. The van der Waals surface area contributed by atoms with Crippen molar-refractivity contribution in [1.82, 2.24) is 0 Å². The lowest BCUT2D eigenvalue weighted by atomic mass is 9.92. The first-order valence-corrected chi connectivity index (χ1v) is 9.23. The molecule has 0 saturated carbocycles. The van der Waals surface area contributed by atoms with Gasteiger partial charge in [0, 0.05) is 11.1 Å². The van der Waals surface area contributed by atoms with E-state index in [1.54, 1.807) is 41.3 Å². The zero-order chi connectivity index (χ0) is 19.5. The average Bonchev–Trinajstić information content (AvgIpc) is 2.87. The second kappa shape index (κ2) is 8.02. The van der Waals surface area contributed by atoms with E-state index in [2.05, 4.69) is 34.6 Å². The van der Waals surface area contributed by atoms with E-state index in [0.717, 1.165) is 23.2 Å². The summed E-state index contributed by atoms with van der Waals surface area (Å²) in [5, 5.41) is 21.7. The summed E-state index contributed by atoms with van der Waals surface area (Å²) in [6.07, 6.45) is 0. The topological polar surface area (TPSA) is 64.8 Å². The van der Waals surface area contributed by atoms with Crippen LogP contribution in [0.15, 0.2) is 48.5 Å². The lowest BCUT2D eigenvalue weighted by Gasteiger charge is -2.26. The van der Waals surface area contributed by atoms with Gasteiger partial charge in [-0.1, -0.05) is 48.5 Å². The maximum atomic E-state index is 11.3. The molecule has 0 atom stereocenters. The zero-order valence-electron chi connectivity index (χ0n) is 16.2. The Morgan fingerprint density at radius 1 is 0.962 bits per heavy atom. The van der Waals surface area contributed by atoms with Gasteiger partial charge in [-0.25, -0.2) is 0 Å². The second-order valence-electron chi connectivity index (χ2n) is 7.33. The molecule has 26 heavy (non-hydrogen) atoms. The number of hydrogen-bond acceptors (Lipinski definition) is 3. The standard InChI is InChI=1S/C14H10O3.C8H19N/c15-13(16)14(17)11-7-3-1-5-9(11)10-6-2-4-8-12(10)14;1-6-9(7(2)3)8(4)5/h1-8,17H,(H,15,16);7-8H,6H2,1-5H3. The lowest BCUT2D eigenvalue weighted by Crippen LogP contribution is -3.17. The Morgan fingerprint density at radius 2 is 1.35 bits per heavy atom. The summed E-state index contributed by atoms with van der Waals surface area (Å²) < 4.78 is 0. The number of carbonyl (C=O) groups is 1. The third-order valence-electron chi connectivity index (χ3n) is 5.11. The number of rotatable bonds is 4. The number of hydrogen-bond donors (Lipinski definition) is 2. The van der Waals surface area contributed by atoms with Crippen LogP contribution in [-0.2, 0) is 10.4 Å². The van der Waals surface area contributed by atoms with Gasteiger partial charge < -0.3 is 19.9 Å². The third-order valence-corrected chi connectivity index (χ3v) is 5.11. The molecule has 0 spiro atoms. The number of nitrogens with one attached hydrogen (secondary N) is 1. The molecule has 3 rings (SSSR count). The van der Waals surface area contributed by atoms with Gasteiger partial charge in [0.2, 0.25) is 0 Å². The number of quaternary nitrogens is 1. The fourth-order valence-electron chi connectivity index (χ4n) is 3.92. The summed E-state index contributed by atoms with van der Waals surface area (Å²) in [5.41, 5.74) is 0.208. The van der Waals surface area contributed by atoms with E-state index in [-0.39, 0.29) is 0 Å². The van der Waals surface area contributed by atoms with Crippen molar-refractivity contribution in [3.8, 4) is 11.1 Å². The molecule has 1 aliphatic carbocycles. The number of carbonyl (C=O) groups excluding carboxylic acids is 1. The first-order chi connectivity index (χ1) is 12.2. The number of carboxylic acids is 1. The highest BCUT2D eigenvalue weighted by molar-refractivity contribution is 5.94. The molecule has 0 fully saturated rings. The van der Waals surface area contributed by atoms with Gasteiger partial charge in [-0.2, -0.15) is 0 Å². The Balaban J connectivity index is 0.000000232. The van der Waals surface area contributed by atoms with Crippen molar-refractivity contribution in [1.29, 1.82) is 0 Å². The Bertz CT molecular complexity index is 714. The van der Waals surface area contributed by atoms with Gasteiger partial charge in [0.05, 0.1) is 24.6 Å². The fourth-order valence-corrected chi connectivity index (χ4v) is 3.92. The summed E-state index contributed by atoms with van der Waals surface area (Å²) in [4.78, 5) is 13.0. The minimum atomic E-state index is -2.03. The molecule has 2 aromatic rings. The summed E-state index contributed by atoms with van der Waals surface area (Å²) >= 11 is 0. The molecule has 4 heteroatoms. The number of aliphatic hydroxyl groups is 1. The van der Waals surface area contributed by atoms with E-state index in [9.17, 15) is 15.0 Å². The van der Waals surface area contributed by atoms with Gasteiger partial charge in [0.25, 0.3) is 0 Å². The zero-order valence-corrected chi connectivity index (χ0v) is 16.2. The molecule has 2 aromatic carbocycles. The molecule has 2 N–H and O–H groups in total. The van der Waals surface area contributed by atoms with E-state index >= 15 is 0 Å². The highest BCUT2D eigenvalue weighted by Crippen LogP contribution is 2.46. The molecular formula is C22H29NO3. The molecular weight excluding hydrogens is 326 g/mol. The van der Waals surface area contributed by atoms with Gasteiger partial charge in [0.15, 0.2) is 5.60 Å². The average molecular weight is 355 g/mol. The van der Waals surface area contributed by atoms with Crippen LogP contribution in [0.25, 0.3) is 11.1 Å². The van der Waals surface area contributed by atoms with E-state index < -0.39 is 11.6 Å². The Kier molecular flexibility index (Phi) is 6.21. The van der Waals surface area contributed by atoms with Crippen molar-refractivity contribution in [2.24, 2.45) is 0 Å². The molecule has 140 valence electrons. The van der Waals surface area contributed by atoms with E-state index in [0.29, 0.717) is 11.1 Å². The van der Waals surface area contributed by atoms with Gasteiger partial charge >= 0.3 is 0 Å². The Morgan fingerprint density at radius 3 is 1.62 bits per heavy atom. The van der Waals surface area contributed by atoms with E-state index in [4.69, 9.17) is 0 Å². The predicted molar refractivity (Wildman–Crippen MR) is 102 cm³/mol. The summed E-state index contributed by atoms with van der Waals surface area (Å²) in [6, 6.07) is 15.4. The van der Waals surface area contributed by atoms with Crippen LogP contribution in [0.5, 0.6) is 0 Å². The van der Waals surface area contributed by atoms with Gasteiger partial charge in [-0.3, -0.25) is 0 Å². The van der Waals surface area contributed by atoms with Crippen molar-refractivity contribution in [2.75, 3.05) is 6.54 Å². The highest BCUT2D eigenvalue weighted by Gasteiger charge is 2.42. The fraction of sp³-hybridized carbons (Fsp3) is 0.409. The third kappa shape index (κ3) is 3.53. The smallest absolute Gasteiger partial charge is 0.155 e. The number of carboxylic acid groups (broad SMARTS) is 1. The molecule has 4 nitrogen and oxygen atoms in total. The molecule has 0 amide bonds. The van der Waals surface area contributed by atoms with Crippen molar-refractivity contribution in [3.05, 3.63) is 59.7 Å². The van der Waals surface area contributed by atoms with Crippen LogP contribution in [0.2, 0.25) is 0 Å². The molecule has 0 heterocycles. The molecule has 0 aliphatic heterocycles. The van der Waals surface area contributed by atoms with E-state index in [1.165, 1.54) is 6.54 Å². The lowest BCUT2D eigenvalue weighted by molar-refractivity contribution is -0.940. The van der Waals surface area contributed by atoms with Crippen molar-refractivity contribution in [3.63, 3.8) is 0 Å². The Labute approximate surface area is 156 Å². The molecule has 0 aromatic heterocycles. The molecule has 1 aliphatic rings. The first kappa shape index (κ1) is 20.1. The monoisotopic (exact) mass is 355 g/mol. The number of benzene rings is 2. The minimum Gasteiger partial charge on any atom is -0.546 e. The molecule has 0 radical (unpaired) electrons. The quantitative estimate of drug-likeness (QED) is 0.870. The van der Waals surface area contributed by atoms with Crippen LogP contribution in [0.1, 0.15) is 45.7 Å². The van der Waals surface area contributed by atoms with Crippen LogP contribution < -0.4 is 10.0 Å². The molecule has 0 unspecified atom stereocenters. The summed E-state index contributed by atoms with van der Waals surface area (Å²) in [5.74, 6) is -1.49. The van der Waals surface area contributed by atoms with Crippen LogP contribution in [-0.4, -0.2) is 29.7 Å². The van der Waals surface area contributed by atoms with Gasteiger partial charge in [-0.05, 0) is 45.7 Å². The number of fused-ring (bicyclic) bond motifs is 3. The van der Waals surface area contributed by atoms with Crippen LogP contribution >= 0.6 is 0 Å². The van der Waals surface area contributed by atoms with Crippen LogP contribution in [0, 0.1) is 0 Å². The van der Waals surface area contributed by atoms with Crippen LogP contribution in [0.3, 0.4) is 0 Å². The van der Waals surface area contributed by atoms with E-state index in [1.807, 2.05) is 12.1 Å². The normalized spacial score (nSPS) is 14.0. The SMILES string of the molecule is CC[NH+](C(C)C)C(C)C.O=C([O-])C1(O)c2ccccc2-c2ccccc21. The number of aliphatic carboxylic acids is 1. The first-order valence-electron chi connectivity index (χ1n) is 9.23. The van der Waals surface area contributed by atoms with Gasteiger partial charge in [0.1, 0.15) is 0 Å². The molecule has 0 saturated heterocycles. The largest absolute Gasteiger partial charge is 0.546 e. The highest BCUT2D eigenvalue weighted by atomic mass is 16.4. The molecule has 0 bridgehead atoms. The Hall–Kier alpha value is -2.17. The van der Waals surface area contributed by atoms with Crippen LogP contribution in [0.4, 0.5) is 0 Å². The maximum Gasteiger partial charge on any atom is 0.155 e. The van der Waals surface area contributed by atoms with Crippen molar-refractivity contribution in [2.45, 2.75) is 52.3 Å². The van der Waals surface area contributed by atoms with Gasteiger partial charge in [-0.15, -0.1) is 0 Å². The second-order valence-corrected chi connectivity index (χ2v) is 7.33. The summed E-state index contributed by atoms with van der Waals surface area (Å²) in [7, 11) is 0.